The number of carbonyl (C=O) groups excluding carboxylic acids is 1. The van der Waals surface area contributed by atoms with Gasteiger partial charge in [0.15, 0.2) is 6.29 Å². The quantitative estimate of drug-likeness (QED) is 0.777. The van der Waals surface area contributed by atoms with Gasteiger partial charge in [0, 0.05) is 16.3 Å². The van der Waals surface area contributed by atoms with Crippen LogP contribution in [-0.2, 0) is 12.8 Å². The van der Waals surface area contributed by atoms with Gasteiger partial charge in [0.05, 0.1) is 17.7 Å². The average Bonchev–Trinajstić information content (AvgIpc) is 2.82. The van der Waals surface area contributed by atoms with E-state index in [-0.39, 0.29) is 0 Å². The largest absolute Gasteiger partial charge is 0.302 e. The standard InChI is InChI=1S/C14H13ClN2O/c15-11-6-5-10(8-18)14(7-11)17-9-16-12-3-1-2-4-13(12)17/h5-9H,1-4H2. The van der Waals surface area contributed by atoms with Crippen LogP contribution in [0.3, 0.4) is 0 Å². The molecule has 1 aromatic heterocycles. The Morgan fingerprint density at radius 3 is 2.94 bits per heavy atom. The zero-order chi connectivity index (χ0) is 12.5. The second-order valence-corrected chi connectivity index (χ2v) is 4.97. The predicted octanol–water partition coefficient (Wildman–Crippen LogP) is 3.22. The molecule has 0 unspecified atom stereocenters. The summed E-state index contributed by atoms with van der Waals surface area (Å²) in [4.78, 5) is 15.6. The van der Waals surface area contributed by atoms with Crippen molar-refractivity contribution >= 4 is 17.9 Å². The van der Waals surface area contributed by atoms with Crippen LogP contribution in [0.4, 0.5) is 0 Å². The minimum Gasteiger partial charge on any atom is -0.302 e. The number of benzene rings is 1. The van der Waals surface area contributed by atoms with Crippen molar-refractivity contribution in [3.8, 4) is 5.69 Å². The van der Waals surface area contributed by atoms with Gasteiger partial charge < -0.3 is 4.57 Å². The molecule has 1 heterocycles. The first-order valence-electron chi connectivity index (χ1n) is 6.10. The molecule has 0 radical (unpaired) electrons. The van der Waals surface area contributed by atoms with Crippen LogP contribution in [0, 0.1) is 0 Å². The Labute approximate surface area is 110 Å². The van der Waals surface area contributed by atoms with E-state index in [9.17, 15) is 4.79 Å². The second-order valence-electron chi connectivity index (χ2n) is 4.54. The summed E-state index contributed by atoms with van der Waals surface area (Å²) < 4.78 is 2.00. The number of imidazole rings is 1. The predicted molar refractivity (Wildman–Crippen MR) is 70.6 cm³/mol. The summed E-state index contributed by atoms with van der Waals surface area (Å²) in [5.41, 5.74) is 3.84. The molecule has 1 aliphatic rings. The Bertz CT molecular complexity index is 604. The number of aryl methyl sites for hydroxylation is 1. The summed E-state index contributed by atoms with van der Waals surface area (Å²) in [5, 5.41) is 0.633. The molecular weight excluding hydrogens is 248 g/mol. The fourth-order valence-corrected chi connectivity index (χ4v) is 2.67. The molecule has 4 heteroatoms. The smallest absolute Gasteiger partial charge is 0.152 e. The minimum absolute atomic E-state index is 0.633. The van der Waals surface area contributed by atoms with Crippen LogP contribution in [0.2, 0.25) is 5.02 Å². The number of carbonyl (C=O) groups is 1. The van der Waals surface area contributed by atoms with Gasteiger partial charge in [-0.15, -0.1) is 0 Å². The van der Waals surface area contributed by atoms with E-state index in [4.69, 9.17) is 11.6 Å². The van der Waals surface area contributed by atoms with E-state index < -0.39 is 0 Å². The van der Waals surface area contributed by atoms with E-state index in [0.717, 1.165) is 30.5 Å². The summed E-state index contributed by atoms with van der Waals surface area (Å²) in [6.07, 6.45) is 7.07. The zero-order valence-corrected chi connectivity index (χ0v) is 10.7. The average molecular weight is 261 g/mol. The zero-order valence-electron chi connectivity index (χ0n) is 9.90. The molecule has 1 aromatic carbocycles. The van der Waals surface area contributed by atoms with Crippen molar-refractivity contribution in [2.45, 2.75) is 25.7 Å². The lowest BCUT2D eigenvalue weighted by atomic mass is 10.0. The third-order valence-electron chi connectivity index (χ3n) is 3.41. The van der Waals surface area contributed by atoms with E-state index in [1.54, 1.807) is 18.5 Å². The molecule has 18 heavy (non-hydrogen) atoms. The van der Waals surface area contributed by atoms with Crippen molar-refractivity contribution in [3.05, 3.63) is 46.5 Å². The lowest BCUT2D eigenvalue weighted by Crippen LogP contribution is -2.08. The number of aromatic nitrogens is 2. The molecule has 3 rings (SSSR count). The Hall–Kier alpha value is -1.61. The number of hydrogen-bond donors (Lipinski definition) is 0. The first-order valence-corrected chi connectivity index (χ1v) is 6.47. The first kappa shape index (κ1) is 11.5. The Morgan fingerprint density at radius 1 is 1.28 bits per heavy atom. The number of rotatable bonds is 2. The number of fused-ring (bicyclic) bond motifs is 1. The molecule has 0 bridgehead atoms. The molecule has 92 valence electrons. The molecule has 0 aliphatic heterocycles. The molecule has 0 amide bonds. The summed E-state index contributed by atoms with van der Waals surface area (Å²) in [5.74, 6) is 0. The van der Waals surface area contributed by atoms with Gasteiger partial charge in [-0.05, 0) is 43.9 Å². The monoisotopic (exact) mass is 260 g/mol. The lowest BCUT2D eigenvalue weighted by molar-refractivity contribution is 0.112. The van der Waals surface area contributed by atoms with Gasteiger partial charge in [-0.3, -0.25) is 4.79 Å². The molecule has 1 aliphatic carbocycles. The fourth-order valence-electron chi connectivity index (χ4n) is 2.50. The summed E-state index contributed by atoms with van der Waals surface area (Å²) in [7, 11) is 0. The highest BCUT2D eigenvalue weighted by atomic mass is 35.5. The van der Waals surface area contributed by atoms with Crippen molar-refractivity contribution < 1.29 is 4.79 Å². The third kappa shape index (κ3) is 1.85. The van der Waals surface area contributed by atoms with Crippen molar-refractivity contribution in [2.75, 3.05) is 0 Å². The van der Waals surface area contributed by atoms with Crippen LogP contribution in [0.15, 0.2) is 24.5 Å². The summed E-state index contributed by atoms with van der Waals surface area (Å²) >= 11 is 6.02. The highest BCUT2D eigenvalue weighted by Crippen LogP contribution is 2.26. The van der Waals surface area contributed by atoms with Crippen molar-refractivity contribution in [3.63, 3.8) is 0 Å². The van der Waals surface area contributed by atoms with Crippen LogP contribution in [-0.4, -0.2) is 15.8 Å². The van der Waals surface area contributed by atoms with E-state index in [2.05, 4.69) is 4.98 Å². The third-order valence-corrected chi connectivity index (χ3v) is 3.64. The number of hydrogen-bond acceptors (Lipinski definition) is 2. The maximum atomic E-state index is 11.1. The molecule has 0 N–H and O–H groups in total. The molecule has 2 aromatic rings. The van der Waals surface area contributed by atoms with Crippen molar-refractivity contribution in [2.24, 2.45) is 0 Å². The minimum atomic E-state index is 0.633. The van der Waals surface area contributed by atoms with Gasteiger partial charge in [0.1, 0.15) is 0 Å². The van der Waals surface area contributed by atoms with E-state index >= 15 is 0 Å². The molecule has 0 saturated heterocycles. The molecule has 3 nitrogen and oxygen atoms in total. The van der Waals surface area contributed by atoms with Gasteiger partial charge in [-0.1, -0.05) is 11.6 Å². The van der Waals surface area contributed by atoms with E-state index in [1.165, 1.54) is 18.5 Å². The van der Waals surface area contributed by atoms with Gasteiger partial charge in [0.2, 0.25) is 0 Å². The van der Waals surface area contributed by atoms with Gasteiger partial charge in [0.25, 0.3) is 0 Å². The lowest BCUT2D eigenvalue weighted by Gasteiger charge is -2.15. The molecule has 0 saturated carbocycles. The Morgan fingerprint density at radius 2 is 2.11 bits per heavy atom. The van der Waals surface area contributed by atoms with E-state index in [1.807, 2.05) is 10.6 Å². The number of nitrogens with zero attached hydrogens (tertiary/aromatic N) is 2. The number of aldehydes is 1. The van der Waals surface area contributed by atoms with Gasteiger partial charge in [-0.2, -0.15) is 0 Å². The summed E-state index contributed by atoms with van der Waals surface area (Å²) in [6, 6.07) is 5.31. The van der Waals surface area contributed by atoms with Crippen LogP contribution in [0.1, 0.15) is 34.6 Å². The first-order chi connectivity index (χ1) is 8.79. The molecule has 0 spiro atoms. The number of halogens is 1. The van der Waals surface area contributed by atoms with Crippen LogP contribution in [0.25, 0.3) is 5.69 Å². The normalized spacial score (nSPS) is 14.3. The molecular formula is C14H13ClN2O. The van der Waals surface area contributed by atoms with Crippen molar-refractivity contribution in [1.29, 1.82) is 0 Å². The molecule has 0 atom stereocenters. The highest BCUT2D eigenvalue weighted by Gasteiger charge is 2.17. The van der Waals surface area contributed by atoms with Crippen molar-refractivity contribution in [1.82, 2.24) is 9.55 Å². The van der Waals surface area contributed by atoms with E-state index in [0.29, 0.717) is 10.6 Å². The second kappa shape index (κ2) is 4.58. The molecule has 0 fully saturated rings. The van der Waals surface area contributed by atoms with Crippen LogP contribution >= 0.6 is 11.6 Å². The Kier molecular flexibility index (Phi) is 2.92. The van der Waals surface area contributed by atoms with Gasteiger partial charge in [-0.25, -0.2) is 4.98 Å². The van der Waals surface area contributed by atoms with Crippen LogP contribution in [0.5, 0.6) is 0 Å². The van der Waals surface area contributed by atoms with Gasteiger partial charge >= 0.3 is 0 Å². The maximum absolute atomic E-state index is 11.1. The maximum Gasteiger partial charge on any atom is 0.152 e. The van der Waals surface area contributed by atoms with Crippen LogP contribution < -0.4 is 0 Å². The topological polar surface area (TPSA) is 34.9 Å². The highest BCUT2D eigenvalue weighted by molar-refractivity contribution is 6.30. The fraction of sp³-hybridized carbons (Fsp3) is 0.286. The Balaban J connectivity index is 2.17. The SMILES string of the molecule is O=Cc1ccc(Cl)cc1-n1cnc2c1CCCC2. The summed E-state index contributed by atoms with van der Waals surface area (Å²) in [6.45, 7) is 0.